The summed E-state index contributed by atoms with van der Waals surface area (Å²) in [5, 5.41) is 2.07. The molecule has 0 aliphatic rings. The molecule has 22 heavy (non-hydrogen) atoms. The molecule has 0 radical (unpaired) electrons. The lowest BCUT2D eigenvalue weighted by Crippen LogP contribution is -2.31. The molecule has 0 unspecified atom stereocenters. The van der Waals surface area contributed by atoms with Gasteiger partial charge in [0.1, 0.15) is 0 Å². The first kappa shape index (κ1) is 18.1. The van der Waals surface area contributed by atoms with E-state index in [1.54, 1.807) is 0 Å². The second-order valence-electron chi connectivity index (χ2n) is 4.61. The summed E-state index contributed by atoms with van der Waals surface area (Å²) in [7, 11) is 0. The zero-order valence-corrected chi connectivity index (χ0v) is 13.2. The number of halogens is 2. The van der Waals surface area contributed by atoms with Crippen LogP contribution in [-0.4, -0.2) is 18.5 Å². The Balaban J connectivity index is 0.00000116. The second-order valence-corrected chi connectivity index (χ2v) is 4.61. The number of carbonyl (C=O) groups is 1. The van der Waals surface area contributed by atoms with Crippen molar-refractivity contribution in [3.05, 3.63) is 48.0 Å². The van der Waals surface area contributed by atoms with Gasteiger partial charge in [0.25, 0.3) is 0 Å². The molecule has 0 saturated carbocycles. The van der Waals surface area contributed by atoms with Gasteiger partial charge in [-0.25, -0.2) is 4.79 Å². The van der Waals surface area contributed by atoms with Crippen molar-refractivity contribution in [2.45, 2.75) is 39.5 Å². The lowest BCUT2D eigenvalue weighted by atomic mass is 10.0. The van der Waals surface area contributed by atoms with Crippen LogP contribution in [0.3, 0.4) is 0 Å². The Morgan fingerprint density at radius 1 is 1.09 bits per heavy atom. The Hall–Kier alpha value is -1.97. The monoisotopic (exact) mass is 308 g/mol. The highest BCUT2D eigenvalue weighted by atomic mass is 19.3. The average Bonchev–Trinajstić information content (AvgIpc) is 2.55. The minimum Gasteiger partial charge on any atom is -0.462 e. The van der Waals surface area contributed by atoms with Crippen molar-refractivity contribution in [1.82, 2.24) is 0 Å². The van der Waals surface area contributed by atoms with Gasteiger partial charge in [0.05, 0.1) is 6.61 Å². The predicted molar refractivity (Wildman–Crippen MR) is 85.2 cm³/mol. The summed E-state index contributed by atoms with van der Waals surface area (Å²) in [6.45, 7) is 5.47. The van der Waals surface area contributed by atoms with Crippen LogP contribution in [0.4, 0.5) is 8.78 Å². The summed E-state index contributed by atoms with van der Waals surface area (Å²) in [4.78, 5) is 11.1. The lowest BCUT2D eigenvalue weighted by Gasteiger charge is -2.14. The van der Waals surface area contributed by atoms with Crippen molar-refractivity contribution in [2.24, 2.45) is 0 Å². The van der Waals surface area contributed by atoms with Crippen LogP contribution in [0.15, 0.2) is 42.5 Å². The van der Waals surface area contributed by atoms with E-state index in [0.29, 0.717) is 0 Å². The predicted octanol–water partition coefficient (Wildman–Crippen LogP) is 5.00. The normalized spacial score (nSPS) is 10.8. The number of hydrogen-bond acceptors (Lipinski definition) is 2. The number of fused-ring (bicyclic) bond motifs is 1. The molecule has 2 nitrogen and oxygen atoms in total. The van der Waals surface area contributed by atoms with Crippen molar-refractivity contribution in [3.8, 4) is 0 Å². The van der Waals surface area contributed by atoms with Gasteiger partial charge in [-0.05, 0) is 29.7 Å². The number of aryl methyl sites for hydroxylation is 1. The van der Waals surface area contributed by atoms with E-state index in [-0.39, 0.29) is 13.0 Å². The van der Waals surface area contributed by atoms with Gasteiger partial charge in [-0.1, -0.05) is 56.3 Å². The molecule has 0 spiro atoms. The van der Waals surface area contributed by atoms with Gasteiger partial charge in [-0.3, -0.25) is 0 Å². The van der Waals surface area contributed by atoms with Crippen LogP contribution < -0.4 is 0 Å². The van der Waals surface area contributed by atoms with Gasteiger partial charge in [-0.15, -0.1) is 0 Å². The standard InChI is InChI=1S/C16H16F2O2.C2H6/c1-2-20-15(19)16(17,18)10-9-12-7-8-13-5-3-4-6-14(13)11-12;1-2/h3-8,11H,2,9-10H2,1H3;1-2H3. The Labute approximate surface area is 130 Å². The van der Waals surface area contributed by atoms with Crippen LogP contribution in [0.5, 0.6) is 0 Å². The van der Waals surface area contributed by atoms with E-state index >= 15 is 0 Å². The molecule has 0 atom stereocenters. The van der Waals surface area contributed by atoms with Gasteiger partial charge in [-0.2, -0.15) is 8.78 Å². The fourth-order valence-corrected chi connectivity index (χ4v) is 2.03. The number of hydrogen-bond donors (Lipinski definition) is 0. The summed E-state index contributed by atoms with van der Waals surface area (Å²) < 4.78 is 31.4. The fraction of sp³-hybridized carbons (Fsp3) is 0.389. The van der Waals surface area contributed by atoms with Crippen LogP contribution in [0, 0.1) is 0 Å². The molecule has 0 fully saturated rings. The van der Waals surface area contributed by atoms with E-state index < -0.39 is 18.3 Å². The van der Waals surface area contributed by atoms with Crippen LogP contribution >= 0.6 is 0 Å². The fourth-order valence-electron chi connectivity index (χ4n) is 2.03. The third-order valence-electron chi connectivity index (χ3n) is 3.12. The third kappa shape index (κ3) is 4.79. The quantitative estimate of drug-likeness (QED) is 0.727. The first-order chi connectivity index (χ1) is 10.5. The molecule has 0 heterocycles. The third-order valence-corrected chi connectivity index (χ3v) is 3.12. The highest BCUT2D eigenvalue weighted by Gasteiger charge is 2.39. The zero-order chi connectivity index (χ0) is 16.6. The molecule has 2 aromatic rings. The molecular weight excluding hydrogens is 286 g/mol. The van der Waals surface area contributed by atoms with Crippen molar-refractivity contribution in [3.63, 3.8) is 0 Å². The first-order valence-corrected chi connectivity index (χ1v) is 7.55. The smallest absolute Gasteiger partial charge is 0.376 e. The minimum absolute atomic E-state index is 0.0373. The van der Waals surface area contributed by atoms with Gasteiger partial charge >= 0.3 is 11.9 Å². The molecule has 0 bridgehead atoms. The molecule has 0 aromatic heterocycles. The van der Waals surface area contributed by atoms with Crippen LogP contribution in [0.25, 0.3) is 10.8 Å². The molecule has 2 aromatic carbocycles. The molecule has 0 aliphatic heterocycles. The first-order valence-electron chi connectivity index (χ1n) is 7.55. The van der Waals surface area contributed by atoms with Crippen molar-refractivity contribution in [2.75, 3.05) is 6.61 Å². The Morgan fingerprint density at radius 2 is 1.73 bits per heavy atom. The number of carbonyl (C=O) groups excluding carboxylic acids is 1. The Bertz CT molecular complexity index is 609. The Kier molecular flexibility index (Phi) is 6.96. The number of benzene rings is 2. The number of alkyl halides is 2. The maximum Gasteiger partial charge on any atom is 0.376 e. The lowest BCUT2D eigenvalue weighted by molar-refractivity contribution is -0.172. The molecular formula is C18H22F2O2. The largest absolute Gasteiger partial charge is 0.462 e. The molecule has 4 heteroatoms. The summed E-state index contributed by atoms with van der Waals surface area (Å²) >= 11 is 0. The van der Waals surface area contributed by atoms with E-state index in [0.717, 1.165) is 16.3 Å². The minimum atomic E-state index is -3.43. The zero-order valence-electron chi connectivity index (χ0n) is 13.2. The summed E-state index contributed by atoms with van der Waals surface area (Å²) in [5.41, 5.74) is 0.785. The molecule has 2 rings (SSSR count). The van der Waals surface area contributed by atoms with Crippen molar-refractivity contribution in [1.29, 1.82) is 0 Å². The van der Waals surface area contributed by atoms with E-state index in [4.69, 9.17) is 0 Å². The van der Waals surface area contributed by atoms with Gasteiger partial charge < -0.3 is 4.74 Å². The topological polar surface area (TPSA) is 26.3 Å². The number of esters is 1. The molecule has 0 aliphatic carbocycles. The SMILES string of the molecule is CC.CCOC(=O)C(F)(F)CCc1ccc2ccccc2c1. The highest BCUT2D eigenvalue weighted by Crippen LogP contribution is 2.24. The van der Waals surface area contributed by atoms with E-state index in [2.05, 4.69) is 4.74 Å². The number of rotatable bonds is 5. The molecule has 0 amide bonds. The van der Waals surface area contributed by atoms with Crippen LogP contribution in [0.1, 0.15) is 32.8 Å². The summed E-state index contributed by atoms with van der Waals surface area (Å²) in [6, 6.07) is 13.3. The van der Waals surface area contributed by atoms with E-state index in [1.807, 2.05) is 56.3 Å². The van der Waals surface area contributed by atoms with Crippen molar-refractivity contribution >= 4 is 16.7 Å². The highest BCUT2D eigenvalue weighted by molar-refractivity contribution is 5.83. The molecule has 0 N–H and O–H groups in total. The molecule has 120 valence electrons. The maximum atomic E-state index is 13.5. The van der Waals surface area contributed by atoms with Crippen molar-refractivity contribution < 1.29 is 18.3 Å². The Morgan fingerprint density at radius 3 is 2.36 bits per heavy atom. The second kappa shape index (κ2) is 8.47. The van der Waals surface area contributed by atoms with E-state index in [1.165, 1.54) is 6.92 Å². The molecule has 0 saturated heterocycles. The van der Waals surface area contributed by atoms with Gasteiger partial charge in [0, 0.05) is 6.42 Å². The maximum absolute atomic E-state index is 13.5. The van der Waals surface area contributed by atoms with Crippen LogP contribution in [-0.2, 0) is 16.0 Å². The summed E-state index contributed by atoms with van der Waals surface area (Å²) in [6.07, 6.45) is -0.402. The average molecular weight is 308 g/mol. The summed E-state index contributed by atoms with van der Waals surface area (Å²) in [5.74, 6) is -4.87. The van der Waals surface area contributed by atoms with E-state index in [9.17, 15) is 13.6 Å². The number of ether oxygens (including phenoxy) is 1. The van der Waals surface area contributed by atoms with Gasteiger partial charge in [0.15, 0.2) is 0 Å². The van der Waals surface area contributed by atoms with Crippen LogP contribution in [0.2, 0.25) is 0 Å². The van der Waals surface area contributed by atoms with Gasteiger partial charge in [0.2, 0.25) is 0 Å².